The van der Waals surface area contributed by atoms with Crippen molar-refractivity contribution in [3.63, 3.8) is 0 Å². The topological polar surface area (TPSA) is 12.0 Å². The molecule has 0 bridgehead atoms. The third-order valence-corrected chi connectivity index (χ3v) is 3.12. The number of benzene rings is 1. The van der Waals surface area contributed by atoms with Crippen molar-refractivity contribution in [3.8, 4) is 0 Å². The highest BCUT2D eigenvalue weighted by atomic mass is 15.0. The summed E-state index contributed by atoms with van der Waals surface area (Å²) in [7, 11) is 0. The van der Waals surface area contributed by atoms with Crippen LogP contribution >= 0.6 is 0 Å². The zero-order valence-electron chi connectivity index (χ0n) is 13.1. The maximum atomic E-state index is 3.76. The molecule has 1 N–H and O–H groups in total. The second-order valence-electron chi connectivity index (χ2n) is 7.40. The van der Waals surface area contributed by atoms with Crippen molar-refractivity contribution in [1.82, 2.24) is 5.32 Å². The van der Waals surface area contributed by atoms with Crippen LogP contribution in [0, 0.1) is 12.3 Å². The van der Waals surface area contributed by atoms with E-state index in [0.717, 1.165) is 6.42 Å². The van der Waals surface area contributed by atoms with Crippen molar-refractivity contribution in [2.24, 2.45) is 5.41 Å². The predicted octanol–water partition coefficient (Wildman–Crippen LogP) is 4.86. The Morgan fingerprint density at radius 3 is 2.22 bits per heavy atom. The molecule has 1 aromatic carbocycles. The fourth-order valence-electron chi connectivity index (χ4n) is 2.99. The van der Waals surface area contributed by atoms with Crippen molar-refractivity contribution < 1.29 is 0 Å². The highest BCUT2D eigenvalue weighted by Gasteiger charge is 2.26. The van der Waals surface area contributed by atoms with E-state index in [4.69, 9.17) is 0 Å². The molecule has 0 saturated heterocycles. The molecule has 1 atom stereocenters. The lowest BCUT2D eigenvalue weighted by Crippen LogP contribution is -2.43. The summed E-state index contributed by atoms with van der Waals surface area (Å²) >= 11 is 0. The van der Waals surface area contributed by atoms with Gasteiger partial charge in [-0.25, -0.2) is 0 Å². The van der Waals surface area contributed by atoms with Crippen LogP contribution in [0.2, 0.25) is 0 Å². The van der Waals surface area contributed by atoms with E-state index >= 15 is 0 Å². The highest BCUT2D eigenvalue weighted by molar-refractivity contribution is 5.24. The number of rotatable bonds is 4. The van der Waals surface area contributed by atoms with E-state index in [9.17, 15) is 0 Å². The summed E-state index contributed by atoms with van der Waals surface area (Å²) in [4.78, 5) is 0. The van der Waals surface area contributed by atoms with Crippen LogP contribution in [0.3, 0.4) is 0 Å². The minimum absolute atomic E-state index is 0.154. The summed E-state index contributed by atoms with van der Waals surface area (Å²) in [5.74, 6) is 0. The lowest BCUT2D eigenvalue weighted by atomic mass is 9.81. The van der Waals surface area contributed by atoms with E-state index in [1.807, 2.05) is 0 Å². The van der Waals surface area contributed by atoms with Crippen LogP contribution in [0.5, 0.6) is 0 Å². The molecule has 1 heteroatoms. The van der Waals surface area contributed by atoms with Crippen molar-refractivity contribution in [2.45, 2.75) is 66.5 Å². The third kappa shape index (κ3) is 5.22. The Kier molecular flexibility index (Phi) is 4.61. The van der Waals surface area contributed by atoms with Gasteiger partial charge in [0.05, 0.1) is 0 Å². The number of hydrogen-bond donors (Lipinski definition) is 1. The van der Waals surface area contributed by atoms with Gasteiger partial charge in [-0.15, -0.1) is 0 Å². The van der Waals surface area contributed by atoms with Gasteiger partial charge in [-0.2, -0.15) is 0 Å². The smallest absolute Gasteiger partial charge is 0.0296 e. The minimum Gasteiger partial charge on any atom is -0.305 e. The first-order valence-corrected chi connectivity index (χ1v) is 6.93. The number of hydrogen-bond acceptors (Lipinski definition) is 1. The van der Waals surface area contributed by atoms with Gasteiger partial charge in [0.1, 0.15) is 0 Å². The Bertz CT molecular complexity index is 385. The molecule has 0 radical (unpaired) electrons. The zero-order valence-corrected chi connectivity index (χ0v) is 13.1. The summed E-state index contributed by atoms with van der Waals surface area (Å²) < 4.78 is 0. The third-order valence-electron chi connectivity index (χ3n) is 3.12. The predicted molar refractivity (Wildman–Crippen MR) is 80.9 cm³/mol. The van der Waals surface area contributed by atoms with E-state index < -0.39 is 0 Å². The highest BCUT2D eigenvalue weighted by Crippen LogP contribution is 2.29. The van der Waals surface area contributed by atoms with Crippen LogP contribution in [-0.4, -0.2) is 5.54 Å². The molecule has 1 nitrogen and oxygen atoms in total. The molecule has 0 heterocycles. The zero-order chi connectivity index (χ0) is 14.0. The summed E-state index contributed by atoms with van der Waals surface area (Å²) in [6.07, 6.45) is 1.16. The average Bonchev–Trinajstić information content (AvgIpc) is 2.12. The molecule has 0 fully saturated rings. The van der Waals surface area contributed by atoms with E-state index in [0.29, 0.717) is 11.5 Å². The first kappa shape index (κ1) is 15.2. The quantitative estimate of drug-likeness (QED) is 0.801. The van der Waals surface area contributed by atoms with Gasteiger partial charge >= 0.3 is 0 Å². The normalized spacial score (nSPS) is 14.6. The Balaban J connectivity index is 2.72. The lowest BCUT2D eigenvalue weighted by molar-refractivity contribution is 0.227. The molecule has 0 aliphatic heterocycles. The number of aryl methyl sites for hydroxylation is 1. The van der Waals surface area contributed by atoms with Gasteiger partial charge in [-0.1, -0.05) is 50.6 Å². The van der Waals surface area contributed by atoms with Crippen LogP contribution in [0.4, 0.5) is 0 Å². The molecule has 0 aliphatic carbocycles. The van der Waals surface area contributed by atoms with Crippen LogP contribution in [0.15, 0.2) is 24.3 Å². The molecule has 102 valence electrons. The van der Waals surface area contributed by atoms with Crippen LogP contribution in [0.25, 0.3) is 0 Å². The Labute approximate surface area is 113 Å². The van der Waals surface area contributed by atoms with Crippen molar-refractivity contribution in [2.75, 3.05) is 0 Å². The second kappa shape index (κ2) is 5.44. The van der Waals surface area contributed by atoms with Gasteiger partial charge in [0, 0.05) is 11.6 Å². The molecular weight excluding hydrogens is 218 g/mol. The summed E-state index contributed by atoms with van der Waals surface area (Å²) in [5.41, 5.74) is 3.20. The standard InChI is InChI=1S/C17H29N/c1-13-9-8-10-15(11-13)14(2)18-17(6,7)12-16(3,4)5/h8-11,14,18H,12H2,1-7H3. The van der Waals surface area contributed by atoms with Crippen molar-refractivity contribution in [3.05, 3.63) is 35.4 Å². The molecule has 0 aliphatic rings. The van der Waals surface area contributed by atoms with E-state index in [2.05, 4.69) is 78.0 Å². The molecule has 0 amide bonds. The van der Waals surface area contributed by atoms with Gasteiger partial charge < -0.3 is 5.32 Å². The first-order chi connectivity index (χ1) is 8.09. The van der Waals surface area contributed by atoms with Gasteiger partial charge in [0.2, 0.25) is 0 Å². The Morgan fingerprint density at radius 1 is 1.11 bits per heavy atom. The average molecular weight is 247 g/mol. The molecular formula is C17H29N. The fraction of sp³-hybridized carbons (Fsp3) is 0.647. The summed E-state index contributed by atoms with van der Waals surface area (Å²) in [6, 6.07) is 9.15. The number of nitrogens with one attached hydrogen (secondary N) is 1. The van der Waals surface area contributed by atoms with Gasteiger partial charge in [0.25, 0.3) is 0 Å². The Hall–Kier alpha value is -0.820. The van der Waals surface area contributed by atoms with Crippen molar-refractivity contribution >= 4 is 0 Å². The molecule has 0 aromatic heterocycles. The molecule has 18 heavy (non-hydrogen) atoms. The van der Waals surface area contributed by atoms with Crippen LogP contribution < -0.4 is 5.32 Å². The van der Waals surface area contributed by atoms with E-state index in [1.54, 1.807) is 0 Å². The van der Waals surface area contributed by atoms with Gasteiger partial charge in [-0.05, 0) is 45.1 Å². The Morgan fingerprint density at radius 2 is 1.72 bits per heavy atom. The maximum Gasteiger partial charge on any atom is 0.0296 e. The van der Waals surface area contributed by atoms with E-state index in [1.165, 1.54) is 11.1 Å². The summed E-state index contributed by atoms with van der Waals surface area (Å²) in [6.45, 7) is 15.9. The van der Waals surface area contributed by atoms with E-state index in [-0.39, 0.29) is 5.54 Å². The molecule has 0 saturated carbocycles. The van der Waals surface area contributed by atoms with Crippen molar-refractivity contribution in [1.29, 1.82) is 0 Å². The fourth-order valence-corrected chi connectivity index (χ4v) is 2.99. The lowest BCUT2D eigenvalue weighted by Gasteiger charge is -2.36. The van der Waals surface area contributed by atoms with Crippen LogP contribution in [-0.2, 0) is 0 Å². The molecule has 1 rings (SSSR count). The first-order valence-electron chi connectivity index (χ1n) is 6.93. The SMILES string of the molecule is Cc1cccc(C(C)NC(C)(C)CC(C)(C)C)c1. The van der Waals surface area contributed by atoms with Crippen LogP contribution in [0.1, 0.15) is 65.1 Å². The van der Waals surface area contributed by atoms with Gasteiger partial charge in [-0.3, -0.25) is 0 Å². The maximum absolute atomic E-state index is 3.76. The largest absolute Gasteiger partial charge is 0.305 e. The molecule has 0 spiro atoms. The second-order valence-corrected chi connectivity index (χ2v) is 7.40. The minimum atomic E-state index is 0.154. The van der Waals surface area contributed by atoms with Gasteiger partial charge in [0.15, 0.2) is 0 Å². The molecule has 1 aromatic rings. The monoisotopic (exact) mass is 247 g/mol. The summed E-state index contributed by atoms with van der Waals surface area (Å²) in [5, 5.41) is 3.76. The molecule has 1 unspecified atom stereocenters.